The standard InChI is InChI=1S/C28H26F3N5O3S/c1-35-8-6-17-10-16(2-3-18(17)14-35)19-11-21-22(13-33-28(21)32-12-19)27(37)25-23(30)4-5-24(26(25)31)34-40(38,39)36-9-7-20(29)15-36/h2-5,10-13,20,34H,6-9,14-15H2,1H3,(H,32,33)/t20-/m1/s1. The largest absolute Gasteiger partial charge is 0.345 e. The lowest BCUT2D eigenvalue weighted by atomic mass is 9.94. The number of nitrogens with one attached hydrogen (secondary N) is 2. The summed E-state index contributed by atoms with van der Waals surface area (Å²) >= 11 is 0. The van der Waals surface area contributed by atoms with E-state index in [0.717, 1.165) is 47.1 Å². The van der Waals surface area contributed by atoms with Gasteiger partial charge in [0.2, 0.25) is 5.78 Å². The zero-order valence-corrected chi connectivity index (χ0v) is 22.4. The van der Waals surface area contributed by atoms with Crippen molar-refractivity contribution in [2.45, 2.75) is 25.6 Å². The van der Waals surface area contributed by atoms with Gasteiger partial charge in [-0.1, -0.05) is 18.2 Å². The summed E-state index contributed by atoms with van der Waals surface area (Å²) in [6.07, 6.45) is 2.61. The van der Waals surface area contributed by atoms with Crippen LogP contribution in [0, 0.1) is 11.6 Å². The average Bonchev–Trinajstić information content (AvgIpc) is 3.56. The third kappa shape index (κ3) is 4.76. The predicted molar refractivity (Wildman–Crippen MR) is 145 cm³/mol. The van der Waals surface area contributed by atoms with E-state index < -0.39 is 45.0 Å². The molecule has 1 fully saturated rings. The summed E-state index contributed by atoms with van der Waals surface area (Å²) in [6.45, 7) is 1.38. The van der Waals surface area contributed by atoms with Crippen LogP contribution >= 0.6 is 0 Å². The molecule has 2 aliphatic rings. The SMILES string of the molecule is CN1CCc2cc(-c3cnc4[nH]cc(C(=O)c5c(F)ccc(NS(=O)(=O)N6CC[C@@H](F)C6)c5F)c4c3)ccc2C1. The molecule has 0 saturated carbocycles. The Balaban J connectivity index is 1.34. The summed E-state index contributed by atoms with van der Waals surface area (Å²) < 4.78 is 72.0. The van der Waals surface area contributed by atoms with Crippen molar-refractivity contribution in [1.29, 1.82) is 0 Å². The minimum atomic E-state index is -4.31. The molecule has 2 aliphatic heterocycles. The number of anilines is 1. The van der Waals surface area contributed by atoms with Crippen LogP contribution in [0.1, 0.15) is 33.5 Å². The van der Waals surface area contributed by atoms with Crippen LogP contribution in [0.25, 0.3) is 22.2 Å². The Hall–Kier alpha value is -3.74. The van der Waals surface area contributed by atoms with Crippen LogP contribution < -0.4 is 4.72 Å². The Morgan fingerprint density at radius 1 is 1.10 bits per heavy atom. The number of ketones is 1. The van der Waals surface area contributed by atoms with Crippen LogP contribution in [-0.4, -0.2) is 66.2 Å². The monoisotopic (exact) mass is 569 g/mol. The maximum Gasteiger partial charge on any atom is 0.301 e. The molecular weight excluding hydrogens is 543 g/mol. The van der Waals surface area contributed by atoms with Gasteiger partial charge in [-0.3, -0.25) is 9.52 Å². The molecule has 1 saturated heterocycles. The summed E-state index contributed by atoms with van der Waals surface area (Å²) in [5.41, 5.74) is 2.96. The molecule has 0 unspecified atom stereocenters. The van der Waals surface area contributed by atoms with E-state index in [-0.39, 0.29) is 25.1 Å². The van der Waals surface area contributed by atoms with Crippen molar-refractivity contribution in [3.8, 4) is 11.1 Å². The van der Waals surface area contributed by atoms with Crippen LogP contribution in [0.2, 0.25) is 0 Å². The summed E-state index contributed by atoms with van der Waals surface area (Å²) in [5, 5.41) is 0.371. The molecule has 2 aromatic heterocycles. The van der Waals surface area contributed by atoms with E-state index in [0.29, 0.717) is 11.0 Å². The maximum absolute atomic E-state index is 15.5. The zero-order valence-electron chi connectivity index (χ0n) is 21.5. The molecule has 12 heteroatoms. The first-order chi connectivity index (χ1) is 19.1. The normalized spacial score (nSPS) is 18.2. The van der Waals surface area contributed by atoms with E-state index in [2.05, 4.69) is 34.0 Å². The highest BCUT2D eigenvalue weighted by atomic mass is 32.2. The van der Waals surface area contributed by atoms with Crippen molar-refractivity contribution in [3.63, 3.8) is 0 Å². The number of rotatable bonds is 6. The molecule has 2 aromatic carbocycles. The van der Waals surface area contributed by atoms with Crippen molar-refractivity contribution in [2.75, 3.05) is 31.4 Å². The van der Waals surface area contributed by atoms with Gasteiger partial charge in [-0.15, -0.1) is 0 Å². The van der Waals surface area contributed by atoms with Gasteiger partial charge in [-0.2, -0.15) is 12.7 Å². The Labute approximate surface area is 229 Å². The summed E-state index contributed by atoms with van der Waals surface area (Å²) in [5.74, 6) is -3.48. The lowest BCUT2D eigenvalue weighted by Crippen LogP contribution is -2.34. The van der Waals surface area contributed by atoms with Crippen LogP contribution in [0.15, 0.2) is 48.8 Å². The number of hydrogen-bond donors (Lipinski definition) is 2. The molecule has 4 heterocycles. The zero-order chi connectivity index (χ0) is 28.2. The number of fused-ring (bicyclic) bond motifs is 2. The summed E-state index contributed by atoms with van der Waals surface area (Å²) in [7, 11) is -2.23. The molecule has 2 N–H and O–H groups in total. The third-order valence-electron chi connectivity index (χ3n) is 7.51. The number of aromatic amines is 1. The first-order valence-corrected chi connectivity index (χ1v) is 14.3. The molecule has 40 heavy (non-hydrogen) atoms. The molecule has 0 radical (unpaired) electrons. The second-order valence-electron chi connectivity index (χ2n) is 10.3. The number of nitrogens with zero attached hydrogens (tertiary/aromatic N) is 3. The highest BCUT2D eigenvalue weighted by Gasteiger charge is 2.33. The lowest BCUT2D eigenvalue weighted by Gasteiger charge is -2.25. The van der Waals surface area contributed by atoms with Gasteiger partial charge in [-0.25, -0.2) is 18.2 Å². The highest BCUT2D eigenvalue weighted by molar-refractivity contribution is 7.90. The molecule has 0 spiro atoms. The lowest BCUT2D eigenvalue weighted by molar-refractivity contribution is 0.103. The molecule has 0 bridgehead atoms. The first kappa shape index (κ1) is 26.5. The number of carbonyl (C=O) groups excluding carboxylic acids is 1. The molecule has 208 valence electrons. The van der Waals surface area contributed by atoms with E-state index in [9.17, 15) is 22.0 Å². The number of carbonyl (C=O) groups is 1. The molecule has 8 nitrogen and oxygen atoms in total. The van der Waals surface area contributed by atoms with Gasteiger partial charge in [0, 0.05) is 55.1 Å². The van der Waals surface area contributed by atoms with Crippen molar-refractivity contribution in [2.24, 2.45) is 0 Å². The van der Waals surface area contributed by atoms with Crippen molar-refractivity contribution >= 4 is 32.7 Å². The molecule has 1 atom stereocenters. The minimum Gasteiger partial charge on any atom is -0.345 e. The fourth-order valence-electron chi connectivity index (χ4n) is 5.31. The topological polar surface area (TPSA) is 98.4 Å². The highest BCUT2D eigenvalue weighted by Crippen LogP contribution is 2.31. The molecule has 0 amide bonds. The van der Waals surface area contributed by atoms with Gasteiger partial charge in [-0.05, 0) is 54.8 Å². The quantitative estimate of drug-likeness (QED) is 0.335. The molecule has 6 rings (SSSR count). The number of benzene rings is 2. The van der Waals surface area contributed by atoms with E-state index in [4.69, 9.17) is 0 Å². The van der Waals surface area contributed by atoms with Gasteiger partial charge in [0.25, 0.3) is 0 Å². The van der Waals surface area contributed by atoms with E-state index in [1.54, 1.807) is 12.3 Å². The van der Waals surface area contributed by atoms with Gasteiger partial charge in [0.05, 0.1) is 11.3 Å². The van der Waals surface area contributed by atoms with Crippen LogP contribution in [-0.2, 0) is 23.2 Å². The maximum atomic E-state index is 15.5. The van der Waals surface area contributed by atoms with E-state index in [1.807, 2.05) is 10.8 Å². The van der Waals surface area contributed by atoms with Crippen molar-refractivity contribution in [3.05, 3.63) is 82.7 Å². The Morgan fingerprint density at radius 2 is 1.93 bits per heavy atom. The van der Waals surface area contributed by atoms with E-state index in [1.165, 1.54) is 17.3 Å². The molecule has 4 aromatic rings. The Bertz CT molecular complexity index is 1760. The number of aromatic nitrogens is 2. The number of pyridine rings is 1. The Kier molecular flexibility index (Phi) is 6.64. The number of hydrogen-bond acceptors (Lipinski definition) is 5. The second kappa shape index (κ2) is 10.0. The number of halogens is 3. The second-order valence-corrected chi connectivity index (χ2v) is 11.9. The summed E-state index contributed by atoms with van der Waals surface area (Å²) in [6, 6.07) is 9.60. The number of likely N-dealkylation sites (N-methyl/N-ethyl adjacent to an activating group) is 1. The van der Waals surface area contributed by atoms with Crippen LogP contribution in [0.3, 0.4) is 0 Å². The smallest absolute Gasteiger partial charge is 0.301 e. The van der Waals surface area contributed by atoms with Crippen LogP contribution in [0.5, 0.6) is 0 Å². The van der Waals surface area contributed by atoms with Gasteiger partial charge < -0.3 is 9.88 Å². The van der Waals surface area contributed by atoms with E-state index >= 15 is 4.39 Å². The van der Waals surface area contributed by atoms with Crippen molar-refractivity contribution in [1.82, 2.24) is 19.2 Å². The molecular formula is C28H26F3N5O3S. The first-order valence-electron chi connectivity index (χ1n) is 12.8. The predicted octanol–water partition coefficient (Wildman–Crippen LogP) is 4.43. The Morgan fingerprint density at radius 3 is 2.70 bits per heavy atom. The minimum absolute atomic E-state index is 0.0124. The van der Waals surface area contributed by atoms with Crippen molar-refractivity contribution < 1.29 is 26.4 Å². The number of alkyl halides is 1. The number of H-pyrrole nitrogens is 1. The van der Waals surface area contributed by atoms with Gasteiger partial charge in [0.1, 0.15) is 17.6 Å². The fourth-order valence-corrected chi connectivity index (χ4v) is 6.57. The summed E-state index contributed by atoms with van der Waals surface area (Å²) in [4.78, 5) is 23.0. The fraction of sp³-hybridized carbons (Fsp3) is 0.286. The molecule has 0 aliphatic carbocycles. The van der Waals surface area contributed by atoms with Gasteiger partial charge >= 0.3 is 10.2 Å². The average molecular weight is 570 g/mol. The van der Waals surface area contributed by atoms with Crippen LogP contribution in [0.4, 0.5) is 18.9 Å². The van der Waals surface area contributed by atoms with Gasteiger partial charge in [0.15, 0.2) is 5.82 Å². The third-order valence-corrected chi connectivity index (χ3v) is 9.00.